The van der Waals surface area contributed by atoms with E-state index in [1.165, 1.54) is 5.56 Å². The van der Waals surface area contributed by atoms with Crippen molar-refractivity contribution >= 4 is 22.0 Å². The van der Waals surface area contributed by atoms with E-state index in [2.05, 4.69) is 45.5 Å². The summed E-state index contributed by atoms with van der Waals surface area (Å²) in [5.74, 6) is 0.580. The minimum Gasteiger partial charge on any atom is -0.336 e. The number of carbonyl (C=O) groups is 1. The van der Waals surface area contributed by atoms with Gasteiger partial charge in [-0.15, -0.1) is 0 Å². The van der Waals surface area contributed by atoms with Gasteiger partial charge in [-0.05, 0) is 50.3 Å². The molecule has 1 N–H and O–H groups in total. The van der Waals surface area contributed by atoms with Gasteiger partial charge in [0.05, 0.1) is 0 Å². The molecule has 0 atom stereocenters. The Morgan fingerprint density at radius 3 is 2.37 bits per heavy atom. The fourth-order valence-electron chi connectivity index (χ4n) is 2.49. The molecule has 1 aliphatic heterocycles. The summed E-state index contributed by atoms with van der Waals surface area (Å²) in [7, 11) is 0. The van der Waals surface area contributed by atoms with E-state index in [4.69, 9.17) is 0 Å². The van der Waals surface area contributed by atoms with Crippen LogP contribution in [-0.4, -0.2) is 30.1 Å². The molecule has 0 saturated carbocycles. The van der Waals surface area contributed by atoms with Crippen LogP contribution in [0.25, 0.3) is 0 Å². The first-order valence-electron chi connectivity index (χ1n) is 6.87. The number of piperidine rings is 1. The smallest absolute Gasteiger partial charge is 0.317 e. The molecule has 0 unspecified atom stereocenters. The summed E-state index contributed by atoms with van der Waals surface area (Å²) >= 11 is 3.46. The van der Waals surface area contributed by atoms with Crippen molar-refractivity contribution in [3.05, 3.63) is 34.3 Å². The van der Waals surface area contributed by atoms with Crippen molar-refractivity contribution in [1.82, 2.24) is 10.2 Å². The molecular formula is C15H21BrN2O. The molecule has 1 aromatic carbocycles. The largest absolute Gasteiger partial charge is 0.336 e. The molecule has 1 fully saturated rings. The van der Waals surface area contributed by atoms with E-state index >= 15 is 0 Å². The van der Waals surface area contributed by atoms with Crippen LogP contribution in [0.3, 0.4) is 0 Å². The zero-order chi connectivity index (χ0) is 13.8. The first-order valence-corrected chi connectivity index (χ1v) is 7.66. The molecular weight excluding hydrogens is 304 g/mol. The Labute approximate surface area is 123 Å². The number of carbonyl (C=O) groups excluding carboxylic acids is 1. The van der Waals surface area contributed by atoms with Gasteiger partial charge in [0.1, 0.15) is 0 Å². The number of rotatable bonds is 2. The van der Waals surface area contributed by atoms with Crippen molar-refractivity contribution in [2.45, 2.75) is 38.6 Å². The minimum atomic E-state index is 0.0734. The number of amides is 2. The Morgan fingerprint density at radius 1 is 1.26 bits per heavy atom. The maximum atomic E-state index is 11.9. The van der Waals surface area contributed by atoms with Crippen LogP contribution in [0.2, 0.25) is 0 Å². The van der Waals surface area contributed by atoms with Crippen molar-refractivity contribution < 1.29 is 4.79 Å². The lowest BCUT2D eigenvalue weighted by atomic mass is 9.90. The second kappa shape index (κ2) is 6.42. The molecule has 1 heterocycles. The van der Waals surface area contributed by atoms with E-state index < -0.39 is 0 Å². The summed E-state index contributed by atoms with van der Waals surface area (Å²) in [6, 6.07) is 8.82. The number of hydrogen-bond acceptors (Lipinski definition) is 1. The van der Waals surface area contributed by atoms with E-state index in [9.17, 15) is 4.79 Å². The highest BCUT2D eigenvalue weighted by molar-refractivity contribution is 9.10. The lowest BCUT2D eigenvalue weighted by Crippen LogP contribution is -2.46. The molecule has 0 spiro atoms. The molecule has 0 aromatic heterocycles. The van der Waals surface area contributed by atoms with Gasteiger partial charge in [-0.1, -0.05) is 28.1 Å². The van der Waals surface area contributed by atoms with Crippen LogP contribution in [-0.2, 0) is 0 Å². The molecule has 1 aromatic rings. The lowest BCUT2D eigenvalue weighted by molar-refractivity contribution is 0.179. The van der Waals surface area contributed by atoms with Crippen molar-refractivity contribution in [2.75, 3.05) is 13.1 Å². The summed E-state index contributed by atoms with van der Waals surface area (Å²) in [4.78, 5) is 13.8. The molecule has 104 valence electrons. The quantitative estimate of drug-likeness (QED) is 0.882. The SMILES string of the molecule is CC(C)NC(=O)N1CCC(c2ccc(Br)cc2)CC1. The maximum absolute atomic E-state index is 11.9. The molecule has 2 amide bonds. The highest BCUT2D eigenvalue weighted by atomic mass is 79.9. The van der Waals surface area contributed by atoms with Crippen LogP contribution in [0.4, 0.5) is 4.79 Å². The molecule has 0 radical (unpaired) electrons. The van der Waals surface area contributed by atoms with Crippen LogP contribution in [0.5, 0.6) is 0 Å². The second-order valence-corrected chi connectivity index (χ2v) is 6.33. The topological polar surface area (TPSA) is 32.3 Å². The minimum absolute atomic E-state index is 0.0734. The van der Waals surface area contributed by atoms with Crippen molar-refractivity contribution in [2.24, 2.45) is 0 Å². The van der Waals surface area contributed by atoms with E-state index in [0.29, 0.717) is 5.92 Å². The van der Waals surface area contributed by atoms with Gasteiger partial charge in [-0.25, -0.2) is 4.79 Å². The van der Waals surface area contributed by atoms with Gasteiger partial charge in [-0.3, -0.25) is 0 Å². The third-order valence-corrected chi connectivity index (χ3v) is 4.06. The first-order chi connectivity index (χ1) is 9.06. The Kier molecular flexibility index (Phi) is 4.86. The zero-order valence-corrected chi connectivity index (χ0v) is 13.1. The molecule has 2 rings (SSSR count). The summed E-state index contributed by atoms with van der Waals surface area (Å²) in [5, 5.41) is 2.96. The summed E-state index contributed by atoms with van der Waals surface area (Å²) in [5.41, 5.74) is 1.38. The van der Waals surface area contributed by atoms with Crippen molar-refractivity contribution in [3.63, 3.8) is 0 Å². The predicted octanol–water partition coefficient (Wildman–Crippen LogP) is 3.75. The van der Waals surface area contributed by atoms with Crippen LogP contribution in [0, 0.1) is 0 Å². The number of benzene rings is 1. The Bertz CT molecular complexity index is 422. The third-order valence-electron chi connectivity index (χ3n) is 3.54. The molecule has 0 bridgehead atoms. The van der Waals surface area contributed by atoms with Gasteiger partial charge in [0, 0.05) is 23.6 Å². The van der Waals surface area contributed by atoms with Crippen LogP contribution >= 0.6 is 15.9 Å². The van der Waals surface area contributed by atoms with Gasteiger partial charge in [-0.2, -0.15) is 0 Å². The number of nitrogens with zero attached hydrogens (tertiary/aromatic N) is 1. The highest BCUT2D eigenvalue weighted by Crippen LogP contribution is 2.28. The Balaban J connectivity index is 1.88. The second-order valence-electron chi connectivity index (χ2n) is 5.42. The van der Waals surface area contributed by atoms with Crippen LogP contribution < -0.4 is 5.32 Å². The van der Waals surface area contributed by atoms with Gasteiger partial charge in [0.25, 0.3) is 0 Å². The van der Waals surface area contributed by atoms with Crippen LogP contribution in [0.15, 0.2) is 28.7 Å². The molecule has 4 heteroatoms. The van der Waals surface area contributed by atoms with Crippen molar-refractivity contribution in [3.8, 4) is 0 Å². The Hall–Kier alpha value is -1.03. The average molecular weight is 325 g/mol. The summed E-state index contributed by atoms with van der Waals surface area (Å²) in [6.07, 6.45) is 2.10. The van der Waals surface area contributed by atoms with Crippen molar-refractivity contribution in [1.29, 1.82) is 0 Å². The summed E-state index contributed by atoms with van der Waals surface area (Å²) in [6.45, 7) is 5.68. The highest BCUT2D eigenvalue weighted by Gasteiger charge is 2.23. The number of halogens is 1. The predicted molar refractivity (Wildman–Crippen MR) is 81.4 cm³/mol. The van der Waals surface area contributed by atoms with E-state index in [-0.39, 0.29) is 12.1 Å². The summed E-state index contributed by atoms with van der Waals surface area (Å²) < 4.78 is 1.12. The van der Waals surface area contributed by atoms with Gasteiger partial charge in [0.2, 0.25) is 0 Å². The van der Waals surface area contributed by atoms with Gasteiger partial charge < -0.3 is 10.2 Å². The third kappa shape index (κ3) is 3.96. The number of urea groups is 1. The Morgan fingerprint density at radius 2 is 1.84 bits per heavy atom. The van der Waals surface area contributed by atoms with E-state index in [1.807, 2.05) is 18.7 Å². The molecule has 1 saturated heterocycles. The average Bonchev–Trinajstić information content (AvgIpc) is 2.39. The number of hydrogen-bond donors (Lipinski definition) is 1. The van der Waals surface area contributed by atoms with Gasteiger partial charge >= 0.3 is 6.03 Å². The fourth-order valence-corrected chi connectivity index (χ4v) is 2.75. The number of likely N-dealkylation sites (tertiary alicyclic amines) is 1. The molecule has 1 aliphatic rings. The van der Waals surface area contributed by atoms with Crippen LogP contribution in [0.1, 0.15) is 38.2 Å². The molecule has 19 heavy (non-hydrogen) atoms. The number of nitrogens with one attached hydrogen (secondary N) is 1. The van der Waals surface area contributed by atoms with Gasteiger partial charge in [0.15, 0.2) is 0 Å². The zero-order valence-electron chi connectivity index (χ0n) is 11.5. The fraction of sp³-hybridized carbons (Fsp3) is 0.533. The normalized spacial score (nSPS) is 16.7. The maximum Gasteiger partial charge on any atom is 0.317 e. The lowest BCUT2D eigenvalue weighted by Gasteiger charge is -2.32. The monoisotopic (exact) mass is 324 g/mol. The molecule has 0 aliphatic carbocycles. The van der Waals surface area contributed by atoms with E-state index in [1.54, 1.807) is 0 Å². The standard InChI is InChI=1S/C15H21BrN2O/c1-11(2)17-15(19)18-9-7-13(8-10-18)12-3-5-14(16)6-4-12/h3-6,11,13H,7-10H2,1-2H3,(H,17,19). The molecule has 3 nitrogen and oxygen atoms in total. The first kappa shape index (κ1) is 14.4. The van der Waals surface area contributed by atoms with E-state index in [0.717, 1.165) is 30.4 Å².